The van der Waals surface area contributed by atoms with Crippen LogP contribution in [-0.4, -0.2) is 35.3 Å². The van der Waals surface area contributed by atoms with Gasteiger partial charge < -0.3 is 9.64 Å². The van der Waals surface area contributed by atoms with Crippen molar-refractivity contribution in [2.75, 3.05) is 18.0 Å². The molecule has 3 heterocycles. The van der Waals surface area contributed by atoms with Crippen molar-refractivity contribution in [3.8, 4) is 11.1 Å². The first-order valence-electron chi connectivity index (χ1n) is 9.26. The van der Waals surface area contributed by atoms with Crippen molar-refractivity contribution in [1.29, 1.82) is 0 Å². The van der Waals surface area contributed by atoms with E-state index in [-0.39, 0.29) is 12.2 Å². The molecule has 0 bridgehead atoms. The molecule has 1 aliphatic rings. The summed E-state index contributed by atoms with van der Waals surface area (Å²) >= 11 is 1.69. The third-order valence-corrected chi connectivity index (χ3v) is 5.84. The molecule has 1 saturated heterocycles. The highest BCUT2D eigenvalue weighted by Gasteiger charge is 2.26. The average molecular weight is 368 g/mol. The summed E-state index contributed by atoms with van der Waals surface area (Å²) in [5, 5.41) is 3.37. The maximum absolute atomic E-state index is 5.90. The van der Waals surface area contributed by atoms with Crippen LogP contribution in [0.3, 0.4) is 0 Å². The second-order valence-corrected chi connectivity index (χ2v) is 8.32. The van der Waals surface area contributed by atoms with Gasteiger partial charge in [-0.25, -0.2) is 9.97 Å². The highest BCUT2D eigenvalue weighted by molar-refractivity contribution is 7.17. The molecule has 0 radical (unpaired) electrons. The third kappa shape index (κ3) is 3.21. The molecule has 0 spiro atoms. The Bertz CT molecular complexity index is 893. The van der Waals surface area contributed by atoms with Gasteiger partial charge in [0.25, 0.3) is 0 Å². The lowest BCUT2D eigenvalue weighted by Crippen LogP contribution is -2.45. The molecule has 0 amide bonds. The van der Waals surface area contributed by atoms with Crippen LogP contribution in [0.2, 0.25) is 0 Å². The van der Waals surface area contributed by atoms with Crippen molar-refractivity contribution in [2.24, 2.45) is 0 Å². The van der Waals surface area contributed by atoms with Gasteiger partial charge in [-0.15, -0.1) is 11.3 Å². The molecule has 0 aliphatic carbocycles. The fourth-order valence-electron chi connectivity index (χ4n) is 3.71. The van der Waals surface area contributed by atoms with Crippen LogP contribution >= 0.6 is 11.3 Å². The van der Waals surface area contributed by atoms with Gasteiger partial charge in [0.05, 0.1) is 17.6 Å². The number of benzene rings is 1. The summed E-state index contributed by atoms with van der Waals surface area (Å²) in [5.74, 6) is 1.57. The van der Waals surface area contributed by atoms with E-state index in [4.69, 9.17) is 4.74 Å². The molecule has 1 aromatic carbocycles. The molecule has 5 heteroatoms. The second-order valence-electron chi connectivity index (χ2n) is 7.47. The highest BCUT2D eigenvalue weighted by Crippen LogP contribution is 2.38. The summed E-state index contributed by atoms with van der Waals surface area (Å²) in [6.07, 6.45) is 2.09. The number of aromatic nitrogens is 2. The number of morpholine rings is 1. The fraction of sp³-hybridized carbons (Fsp3) is 0.429. The van der Waals surface area contributed by atoms with Crippen LogP contribution in [-0.2, 0) is 4.74 Å². The molecule has 2 aromatic heterocycles. The molecular weight excluding hydrogens is 342 g/mol. The molecule has 0 N–H and O–H groups in total. The number of fused-ring (bicyclic) bond motifs is 1. The number of anilines is 1. The van der Waals surface area contributed by atoms with Gasteiger partial charge in [-0.2, -0.15) is 0 Å². The largest absolute Gasteiger partial charge is 0.372 e. The predicted octanol–water partition coefficient (Wildman–Crippen LogP) is 5.10. The van der Waals surface area contributed by atoms with Crippen LogP contribution in [0.25, 0.3) is 21.3 Å². The van der Waals surface area contributed by atoms with E-state index in [9.17, 15) is 0 Å². The molecule has 26 heavy (non-hydrogen) atoms. The zero-order valence-electron chi connectivity index (χ0n) is 15.8. The summed E-state index contributed by atoms with van der Waals surface area (Å²) < 4.78 is 5.90. The van der Waals surface area contributed by atoms with E-state index in [2.05, 4.69) is 72.2 Å². The maximum Gasteiger partial charge on any atom is 0.141 e. The van der Waals surface area contributed by atoms with Gasteiger partial charge in [0.15, 0.2) is 0 Å². The Morgan fingerprint density at radius 3 is 2.42 bits per heavy atom. The first-order valence-corrected chi connectivity index (χ1v) is 10.1. The normalized spacial score (nSPS) is 20.9. The molecule has 3 aromatic rings. The molecular formula is C21H25N3OS. The third-order valence-electron chi connectivity index (χ3n) is 4.96. The van der Waals surface area contributed by atoms with Gasteiger partial charge in [0.2, 0.25) is 0 Å². The number of hydrogen-bond acceptors (Lipinski definition) is 5. The van der Waals surface area contributed by atoms with E-state index in [1.54, 1.807) is 17.7 Å². The van der Waals surface area contributed by atoms with E-state index >= 15 is 0 Å². The molecule has 136 valence electrons. The van der Waals surface area contributed by atoms with Crippen LogP contribution in [0.4, 0.5) is 5.82 Å². The van der Waals surface area contributed by atoms with Crippen molar-refractivity contribution >= 4 is 27.4 Å². The molecule has 2 atom stereocenters. The lowest BCUT2D eigenvalue weighted by molar-refractivity contribution is -0.00537. The number of thiophene rings is 1. The van der Waals surface area contributed by atoms with Crippen molar-refractivity contribution < 1.29 is 4.74 Å². The Morgan fingerprint density at radius 1 is 1.08 bits per heavy atom. The van der Waals surface area contributed by atoms with E-state index in [1.165, 1.54) is 16.7 Å². The minimum absolute atomic E-state index is 0.205. The Morgan fingerprint density at radius 2 is 1.77 bits per heavy atom. The molecule has 1 aliphatic heterocycles. The van der Waals surface area contributed by atoms with Crippen LogP contribution in [0.1, 0.15) is 39.2 Å². The fourth-order valence-corrected chi connectivity index (χ4v) is 4.62. The van der Waals surface area contributed by atoms with Crippen LogP contribution in [0.15, 0.2) is 36.0 Å². The van der Waals surface area contributed by atoms with Crippen LogP contribution in [0, 0.1) is 0 Å². The van der Waals surface area contributed by atoms with E-state index in [0.717, 1.165) is 29.1 Å². The average Bonchev–Trinajstić information content (AvgIpc) is 3.05. The lowest BCUT2D eigenvalue weighted by atomic mass is 9.99. The summed E-state index contributed by atoms with van der Waals surface area (Å²) in [5.41, 5.74) is 3.81. The molecule has 4 nitrogen and oxygen atoms in total. The number of nitrogens with zero attached hydrogens (tertiary/aromatic N) is 3. The predicted molar refractivity (Wildman–Crippen MR) is 109 cm³/mol. The first kappa shape index (κ1) is 17.4. The van der Waals surface area contributed by atoms with Crippen molar-refractivity contribution in [2.45, 2.75) is 45.8 Å². The zero-order chi connectivity index (χ0) is 18.3. The highest BCUT2D eigenvalue weighted by atomic mass is 32.1. The second kappa shape index (κ2) is 6.97. The van der Waals surface area contributed by atoms with Gasteiger partial charge in [-0.1, -0.05) is 38.1 Å². The van der Waals surface area contributed by atoms with Gasteiger partial charge in [-0.05, 0) is 30.9 Å². The molecule has 4 rings (SSSR count). The summed E-state index contributed by atoms with van der Waals surface area (Å²) in [7, 11) is 0. The van der Waals surface area contributed by atoms with Crippen molar-refractivity contribution in [1.82, 2.24) is 9.97 Å². The van der Waals surface area contributed by atoms with E-state index in [1.807, 2.05) is 0 Å². The minimum atomic E-state index is 0.205. The van der Waals surface area contributed by atoms with Gasteiger partial charge >= 0.3 is 0 Å². The topological polar surface area (TPSA) is 38.2 Å². The number of rotatable bonds is 3. The smallest absolute Gasteiger partial charge is 0.141 e. The van der Waals surface area contributed by atoms with Gasteiger partial charge in [0, 0.05) is 24.0 Å². The zero-order valence-corrected chi connectivity index (χ0v) is 16.6. The number of hydrogen-bond donors (Lipinski definition) is 0. The molecule has 1 fully saturated rings. The Hall–Kier alpha value is -1.98. The van der Waals surface area contributed by atoms with Crippen molar-refractivity contribution in [3.05, 3.63) is 41.5 Å². The summed E-state index contributed by atoms with van der Waals surface area (Å²) in [6, 6.07) is 8.90. The van der Waals surface area contributed by atoms with Gasteiger partial charge in [0.1, 0.15) is 17.0 Å². The van der Waals surface area contributed by atoms with Crippen molar-refractivity contribution in [3.63, 3.8) is 0 Å². The standard InChI is InChI=1S/C21H25N3OS/c1-13(2)16-5-7-17(8-6-16)18-11-26-21-19(18)20(22-12-23-21)24-9-14(3)25-15(4)10-24/h5-8,11-15H,9-10H2,1-4H3. The van der Waals surface area contributed by atoms with Gasteiger partial charge in [-0.3, -0.25) is 0 Å². The Labute approximate surface area is 158 Å². The summed E-state index contributed by atoms with van der Waals surface area (Å²) in [6.45, 7) is 10.4. The Balaban J connectivity index is 1.79. The summed E-state index contributed by atoms with van der Waals surface area (Å²) in [4.78, 5) is 12.6. The monoisotopic (exact) mass is 367 g/mol. The van der Waals surface area contributed by atoms with E-state index < -0.39 is 0 Å². The molecule has 2 unspecified atom stereocenters. The lowest BCUT2D eigenvalue weighted by Gasteiger charge is -2.36. The van der Waals surface area contributed by atoms with E-state index in [0.29, 0.717) is 5.92 Å². The minimum Gasteiger partial charge on any atom is -0.372 e. The SMILES string of the molecule is CC1CN(c2ncnc3scc(-c4ccc(C(C)C)cc4)c23)CC(C)O1. The van der Waals surface area contributed by atoms with Crippen LogP contribution < -0.4 is 4.90 Å². The Kier molecular flexibility index (Phi) is 4.67. The quantitative estimate of drug-likeness (QED) is 0.646. The number of ether oxygens (including phenoxy) is 1. The first-order chi connectivity index (χ1) is 12.5. The maximum atomic E-state index is 5.90. The van der Waals surface area contributed by atoms with Crippen LogP contribution in [0.5, 0.6) is 0 Å². The molecule has 0 saturated carbocycles.